The van der Waals surface area contributed by atoms with Crippen molar-refractivity contribution in [2.45, 2.75) is 19.4 Å². The van der Waals surface area contributed by atoms with Gasteiger partial charge in [0.1, 0.15) is 0 Å². The maximum absolute atomic E-state index is 10.7. The summed E-state index contributed by atoms with van der Waals surface area (Å²) in [5.74, 6) is -0.268. The van der Waals surface area contributed by atoms with Gasteiger partial charge in [0.05, 0.1) is 5.75 Å². The molecule has 0 N–H and O–H groups in total. The van der Waals surface area contributed by atoms with Gasteiger partial charge in [-0.2, -0.15) is 0 Å². The molecule has 0 bridgehead atoms. The summed E-state index contributed by atoms with van der Waals surface area (Å²) in [4.78, 5) is 10.6. The quantitative estimate of drug-likeness (QED) is 0.496. The molecule has 0 saturated carbocycles. The van der Waals surface area contributed by atoms with Gasteiger partial charge in [-0.25, -0.2) is 13.2 Å². The van der Waals surface area contributed by atoms with E-state index in [2.05, 4.69) is 4.74 Å². The summed E-state index contributed by atoms with van der Waals surface area (Å²) in [6, 6.07) is 0. The molecule has 0 spiro atoms. The number of sulfone groups is 1. The molecule has 0 aromatic carbocycles. The Morgan fingerprint density at radius 3 is 2.36 bits per heavy atom. The number of alkyl halides is 1. The summed E-state index contributed by atoms with van der Waals surface area (Å²) in [7, 11) is -3.74. The first kappa shape index (κ1) is 10.7. The lowest BCUT2D eigenvalue weighted by Crippen LogP contribution is -2.20. The van der Waals surface area contributed by atoms with E-state index in [0.717, 1.165) is 0 Å². The molecule has 0 aliphatic carbocycles. The predicted octanol–water partition coefficient (Wildman–Crippen LogP) is 1.14. The molecule has 1 atom stereocenters. The molecule has 11 heavy (non-hydrogen) atoms. The highest BCUT2D eigenvalue weighted by Crippen LogP contribution is 2.03. The van der Waals surface area contributed by atoms with Crippen LogP contribution in [0.5, 0.6) is 0 Å². The van der Waals surface area contributed by atoms with E-state index in [-0.39, 0.29) is 5.75 Å². The fraction of sp³-hybridized carbons (Fsp3) is 0.800. The van der Waals surface area contributed by atoms with Crippen LogP contribution in [0.15, 0.2) is 0 Å². The topological polar surface area (TPSA) is 60.4 Å². The summed E-state index contributed by atoms with van der Waals surface area (Å²) in [5, 5.41) is -1.26. The lowest BCUT2D eigenvalue weighted by atomic mass is 10.9. The Morgan fingerprint density at radius 1 is 1.64 bits per heavy atom. The number of rotatable bonds is 2. The SMILES string of the molecule is CCS(=O)(=O)C(=O)OC(C)Cl. The molecule has 0 saturated heterocycles. The van der Waals surface area contributed by atoms with Crippen molar-refractivity contribution in [3.8, 4) is 0 Å². The first-order valence-corrected chi connectivity index (χ1v) is 5.06. The normalized spacial score (nSPS) is 14.1. The van der Waals surface area contributed by atoms with E-state index in [4.69, 9.17) is 11.6 Å². The fourth-order valence-electron chi connectivity index (χ4n) is 0.324. The number of ether oxygens (including phenoxy) is 1. The zero-order valence-corrected chi connectivity index (χ0v) is 7.78. The molecule has 0 aromatic heterocycles. The van der Waals surface area contributed by atoms with Crippen LogP contribution >= 0.6 is 11.6 Å². The number of hydrogen-bond donors (Lipinski definition) is 0. The van der Waals surface area contributed by atoms with E-state index in [0.29, 0.717) is 0 Å². The summed E-state index contributed by atoms with van der Waals surface area (Å²) >= 11 is 5.23. The van der Waals surface area contributed by atoms with Gasteiger partial charge >= 0.3 is 5.30 Å². The Morgan fingerprint density at radius 2 is 2.09 bits per heavy atom. The van der Waals surface area contributed by atoms with Gasteiger partial charge in [-0.1, -0.05) is 18.5 Å². The van der Waals surface area contributed by atoms with E-state index in [1.807, 2.05) is 0 Å². The minimum Gasteiger partial charge on any atom is -0.435 e. The highest BCUT2D eigenvalue weighted by molar-refractivity contribution is 8.05. The van der Waals surface area contributed by atoms with Crippen molar-refractivity contribution in [1.82, 2.24) is 0 Å². The van der Waals surface area contributed by atoms with Gasteiger partial charge in [-0.3, -0.25) is 0 Å². The molecule has 66 valence electrons. The molecular formula is C5H9ClO4S. The van der Waals surface area contributed by atoms with E-state index >= 15 is 0 Å². The van der Waals surface area contributed by atoms with Gasteiger partial charge in [-0.05, 0) is 6.92 Å². The van der Waals surface area contributed by atoms with Gasteiger partial charge in [-0.15, -0.1) is 0 Å². The Kier molecular flexibility index (Phi) is 3.82. The zero-order chi connectivity index (χ0) is 9.07. The Labute approximate surface area is 70.4 Å². The lowest BCUT2D eigenvalue weighted by molar-refractivity contribution is 0.165. The lowest BCUT2D eigenvalue weighted by Gasteiger charge is -2.04. The minimum atomic E-state index is -3.74. The van der Waals surface area contributed by atoms with Crippen LogP contribution in [0.2, 0.25) is 0 Å². The molecule has 1 unspecified atom stereocenters. The van der Waals surface area contributed by atoms with Crippen molar-refractivity contribution in [1.29, 1.82) is 0 Å². The molecule has 0 aromatic rings. The fourth-order valence-corrected chi connectivity index (χ4v) is 0.984. The Bertz CT molecular complexity index is 231. The van der Waals surface area contributed by atoms with Crippen LogP contribution in [0.1, 0.15) is 13.8 Å². The number of halogens is 1. The summed E-state index contributed by atoms with van der Waals surface area (Å²) in [5.41, 5.74) is -0.913. The largest absolute Gasteiger partial charge is 0.435 e. The molecule has 6 heteroatoms. The average Bonchev–Trinajstić information content (AvgIpc) is 1.86. The smallest absolute Gasteiger partial charge is 0.426 e. The highest BCUT2D eigenvalue weighted by Gasteiger charge is 2.22. The maximum Gasteiger partial charge on any atom is 0.426 e. The molecule has 0 fully saturated rings. The van der Waals surface area contributed by atoms with Crippen LogP contribution in [0, 0.1) is 0 Å². The van der Waals surface area contributed by atoms with Gasteiger partial charge in [0.15, 0.2) is 5.56 Å². The van der Waals surface area contributed by atoms with Crippen LogP contribution < -0.4 is 0 Å². The predicted molar refractivity (Wildman–Crippen MR) is 41.3 cm³/mol. The van der Waals surface area contributed by atoms with E-state index in [1.165, 1.54) is 13.8 Å². The summed E-state index contributed by atoms with van der Waals surface area (Å²) in [6.45, 7) is 2.72. The minimum absolute atomic E-state index is 0.268. The van der Waals surface area contributed by atoms with E-state index < -0.39 is 20.7 Å². The summed E-state index contributed by atoms with van der Waals surface area (Å²) < 4.78 is 25.6. The molecular weight excluding hydrogens is 192 g/mol. The van der Waals surface area contributed by atoms with Crippen molar-refractivity contribution < 1.29 is 17.9 Å². The molecule has 0 heterocycles. The molecule has 0 radical (unpaired) electrons. The zero-order valence-electron chi connectivity index (χ0n) is 6.20. The average molecular weight is 201 g/mol. The van der Waals surface area contributed by atoms with Crippen molar-refractivity contribution in [3.63, 3.8) is 0 Å². The second-order valence-electron chi connectivity index (χ2n) is 1.81. The second-order valence-corrected chi connectivity index (χ2v) is 4.57. The van der Waals surface area contributed by atoms with Crippen LogP contribution in [-0.4, -0.2) is 25.0 Å². The molecule has 0 aliphatic heterocycles. The van der Waals surface area contributed by atoms with Crippen LogP contribution in [0.25, 0.3) is 0 Å². The number of carbonyl (C=O) groups is 1. The first-order valence-electron chi connectivity index (χ1n) is 2.97. The third-order valence-corrected chi connectivity index (χ3v) is 2.35. The van der Waals surface area contributed by atoms with E-state index in [9.17, 15) is 13.2 Å². The third-order valence-electron chi connectivity index (χ3n) is 0.893. The monoisotopic (exact) mass is 200 g/mol. The van der Waals surface area contributed by atoms with Crippen LogP contribution in [0.3, 0.4) is 0 Å². The summed E-state index contributed by atoms with van der Waals surface area (Å²) in [6.07, 6.45) is 0. The van der Waals surface area contributed by atoms with Crippen molar-refractivity contribution >= 4 is 26.7 Å². The van der Waals surface area contributed by atoms with E-state index in [1.54, 1.807) is 0 Å². The van der Waals surface area contributed by atoms with Gasteiger partial charge in [0, 0.05) is 0 Å². The Hall–Kier alpha value is -0.290. The molecule has 0 amide bonds. The standard InChI is InChI=1S/C5H9ClO4S/c1-3-11(8,9)5(7)10-4(2)6/h4H,3H2,1-2H3. The van der Waals surface area contributed by atoms with Crippen LogP contribution in [-0.2, 0) is 14.6 Å². The first-order chi connectivity index (χ1) is 4.90. The van der Waals surface area contributed by atoms with Gasteiger partial charge in [0.25, 0.3) is 0 Å². The van der Waals surface area contributed by atoms with Gasteiger partial charge in [0.2, 0.25) is 9.84 Å². The molecule has 4 nitrogen and oxygen atoms in total. The molecule has 0 rings (SSSR count). The third kappa shape index (κ3) is 3.57. The van der Waals surface area contributed by atoms with Crippen molar-refractivity contribution in [2.24, 2.45) is 0 Å². The van der Waals surface area contributed by atoms with Crippen LogP contribution in [0.4, 0.5) is 4.79 Å². The van der Waals surface area contributed by atoms with Crippen molar-refractivity contribution in [3.05, 3.63) is 0 Å². The molecule has 0 aliphatic rings. The van der Waals surface area contributed by atoms with Gasteiger partial charge < -0.3 is 4.74 Å². The van der Waals surface area contributed by atoms with Crippen molar-refractivity contribution in [2.75, 3.05) is 5.75 Å². The number of carbonyl (C=O) groups excluding carboxylic acids is 1. The highest BCUT2D eigenvalue weighted by atomic mass is 35.5. The Balaban J connectivity index is 4.27. The maximum atomic E-state index is 10.7. The second kappa shape index (κ2) is 3.92. The number of hydrogen-bond acceptors (Lipinski definition) is 4.